The van der Waals surface area contributed by atoms with Crippen LogP contribution in [0.5, 0.6) is 0 Å². The first-order valence-electron chi connectivity index (χ1n) is 5.90. The van der Waals surface area contributed by atoms with Gasteiger partial charge < -0.3 is 0 Å². The van der Waals surface area contributed by atoms with Crippen LogP contribution in [0.2, 0.25) is 0 Å². The number of rotatable bonds is 3. The molecule has 3 heteroatoms. The molecule has 0 spiro atoms. The minimum atomic E-state index is -0.561. The van der Waals surface area contributed by atoms with Crippen LogP contribution in [-0.2, 0) is 4.79 Å². The molecule has 1 aliphatic rings. The number of carbonyl (C=O) groups excluding carboxylic acids is 1. The zero-order chi connectivity index (χ0) is 12.3. The SMILES string of the molecule is CN1CCCC1/C=C(/F)C(=O)CC(C)(C)C. The van der Waals surface area contributed by atoms with E-state index in [9.17, 15) is 9.18 Å². The maximum atomic E-state index is 13.6. The summed E-state index contributed by atoms with van der Waals surface area (Å²) in [6.07, 6.45) is 3.79. The van der Waals surface area contributed by atoms with E-state index >= 15 is 0 Å². The Hall–Kier alpha value is -0.700. The third kappa shape index (κ3) is 4.05. The van der Waals surface area contributed by atoms with Gasteiger partial charge in [-0.1, -0.05) is 20.8 Å². The Balaban J connectivity index is 2.59. The predicted molar refractivity (Wildman–Crippen MR) is 63.9 cm³/mol. The predicted octanol–water partition coefficient (Wildman–Crippen LogP) is 2.94. The molecule has 1 heterocycles. The first-order valence-corrected chi connectivity index (χ1v) is 5.90. The fourth-order valence-electron chi connectivity index (χ4n) is 1.97. The van der Waals surface area contributed by atoms with Gasteiger partial charge in [0.25, 0.3) is 0 Å². The van der Waals surface area contributed by atoms with Gasteiger partial charge in [0.15, 0.2) is 11.6 Å². The zero-order valence-corrected chi connectivity index (χ0v) is 10.7. The topological polar surface area (TPSA) is 20.3 Å². The standard InChI is InChI=1S/C13H22FNO/c1-13(2,3)9-12(16)11(14)8-10-6-5-7-15(10)4/h8,10H,5-7,9H2,1-4H3/b11-8+. The van der Waals surface area contributed by atoms with Crippen molar-refractivity contribution in [2.75, 3.05) is 13.6 Å². The molecule has 0 aromatic carbocycles. The highest BCUT2D eigenvalue weighted by Crippen LogP contribution is 2.23. The van der Waals surface area contributed by atoms with Crippen LogP contribution in [0.1, 0.15) is 40.0 Å². The van der Waals surface area contributed by atoms with E-state index in [1.54, 1.807) is 0 Å². The van der Waals surface area contributed by atoms with Gasteiger partial charge in [0, 0.05) is 12.5 Å². The summed E-state index contributed by atoms with van der Waals surface area (Å²) in [5.41, 5.74) is -0.149. The van der Waals surface area contributed by atoms with E-state index in [0.717, 1.165) is 19.4 Å². The van der Waals surface area contributed by atoms with Crippen LogP contribution >= 0.6 is 0 Å². The second kappa shape index (κ2) is 5.09. The van der Waals surface area contributed by atoms with E-state index in [4.69, 9.17) is 0 Å². The van der Waals surface area contributed by atoms with Gasteiger partial charge in [0.2, 0.25) is 0 Å². The van der Waals surface area contributed by atoms with Gasteiger partial charge in [0.05, 0.1) is 0 Å². The van der Waals surface area contributed by atoms with Crippen molar-refractivity contribution in [1.29, 1.82) is 0 Å². The quantitative estimate of drug-likeness (QED) is 0.691. The summed E-state index contributed by atoms with van der Waals surface area (Å²) in [4.78, 5) is 13.7. The number of likely N-dealkylation sites (N-methyl/N-ethyl adjacent to an activating group) is 1. The highest BCUT2D eigenvalue weighted by molar-refractivity contribution is 5.93. The summed E-state index contributed by atoms with van der Waals surface area (Å²) >= 11 is 0. The van der Waals surface area contributed by atoms with Crippen LogP contribution in [0.15, 0.2) is 11.9 Å². The summed E-state index contributed by atoms with van der Waals surface area (Å²) < 4.78 is 13.6. The molecule has 0 N–H and O–H groups in total. The lowest BCUT2D eigenvalue weighted by Gasteiger charge is -2.18. The third-order valence-electron chi connectivity index (χ3n) is 2.87. The summed E-state index contributed by atoms with van der Waals surface area (Å²) in [6, 6.07) is 0.101. The lowest BCUT2D eigenvalue weighted by Crippen LogP contribution is -2.23. The van der Waals surface area contributed by atoms with E-state index in [-0.39, 0.29) is 23.7 Å². The van der Waals surface area contributed by atoms with Gasteiger partial charge in [-0.15, -0.1) is 0 Å². The molecule has 1 rings (SSSR count). The van der Waals surface area contributed by atoms with E-state index in [1.165, 1.54) is 6.08 Å². The smallest absolute Gasteiger partial charge is 0.191 e. The Bertz CT molecular complexity index is 291. The molecule has 1 aliphatic heterocycles. The Morgan fingerprint density at radius 3 is 2.56 bits per heavy atom. The molecule has 0 aromatic rings. The molecule has 16 heavy (non-hydrogen) atoms. The average Bonchev–Trinajstić information content (AvgIpc) is 2.49. The fourth-order valence-corrected chi connectivity index (χ4v) is 1.97. The molecule has 92 valence electrons. The number of carbonyl (C=O) groups is 1. The molecule has 0 saturated carbocycles. The first kappa shape index (κ1) is 13.4. The Morgan fingerprint density at radius 1 is 1.50 bits per heavy atom. The maximum Gasteiger partial charge on any atom is 0.191 e. The van der Waals surface area contributed by atoms with E-state index < -0.39 is 5.83 Å². The van der Waals surface area contributed by atoms with Crippen molar-refractivity contribution in [3.8, 4) is 0 Å². The summed E-state index contributed by atoms with van der Waals surface area (Å²) in [5.74, 6) is -0.929. The number of Topliss-reactive ketones (excluding diaryl/α,β-unsaturated/α-hetero) is 1. The molecular weight excluding hydrogens is 205 g/mol. The summed E-state index contributed by atoms with van der Waals surface area (Å²) in [5, 5.41) is 0. The molecule has 0 aliphatic carbocycles. The van der Waals surface area contributed by atoms with Crippen molar-refractivity contribution in [2.45, 2.75) is 46.1 Å². The van der Waals surface area contributed by atoms with Crippen LogP contribution in [0, 0.1) is 5.41 Å². The van der Waals surface area contributed by atoms with Gasteiger partial charge in [-0.25, -0.2) is 4.39 Å². The van der Waals surface area contributed by atoms with Crippen molar-refractivity contribution in [1.82, 2.24) is 4.90 Å². The Morgan fingerprint density at radius 2 is 2.12 bits per heavy atom. The summed E-state index contributed by atoms with van der Waals surface area (Å²) in [6.45, 7) is 6.82. The van der Waals surface area contributed by atoms with Gasteiger partial charge in [-0.05, 0) is 37.9 Å². The number of hydrogen-bond acceptors (Lipinski definition) is 2. The highest BCUT2D eigenvalue weighted by Gasteiger charge is 2.23. The Labute approximate surface area is 97.5 Å². The lowest BCUT2D eigenvalue weighted by atomic mass is 9.89. The van der Waals surface area contributed by atoms with Crippen LogP contribution in [-0.4, -0.2) is 30.3 Å². The number of nitrogens with zero attached hydrogens (tertiary/aromatic N) is 1. The molecule has 1 fully saturated rings. The molecule has 0 amide bonds. The van der Waals surface area contributed by atoms with E-state index in [1.807, 2.05) is 27.8 Å². The van der Waals surface area contributed by atoms with Crippen molar-refractivity contribution >= 4 is 5.78 Å². The van der Waals surface area contributed by atoms with Crippen molar-refractivity contribution < 1.29 is 9.18 Å². The molecule has 1 atom stereocenters. The molecule has 0 bridgehead atoms. The van der Waals surface area contributed by atoms with Crippen LogP contribution in [0.25, 0.3) is 0 Å². The number of halogens is 1. The average molecular weight is 227 g/mol. The number of likely N-dealkylation sites (tertiary alicyclic amines) is 1. The van der Waals surface area contributed by atoms with Gasteiger partial charge in [-0.2, -0.15) is 0 Å². The summed E-state index contributed by atoms with van der Waals surface area (Å²) in [7, 11) is 1.97. The lowest BCUT2D eigenvalue weighted by molar-refractivity contribution is -0.118. The Kier molecular flexibility index (Phi) is 4.25. The second-order valence-electron chi connectivity index (χ2n) is 5.87. The normalized spacial score (nSPS) is 23.8. The monoisotopic (exact) mass is 227 g/mol. The number of allylic oxidation sites excluding steroid dienone is 1. The minimum Gasteiger partial charge on any atom is -0.300 e. The van der Waals surface area contributed by atoms with Gasteiger partial charge in [-0.3, -0.25) is 9.69 Å². The minimum absolute atomic E-state index is 0.101. The molecule has 0 radical (unpaired) electrons. The van der Waals surface area contributed by atoms with E-state index in [0.29, 0.717) is 0 Å². The number of hydrogen-bond donors (Lipinski definition) is 0. The van der Waals surface area contributed by atoms with Crippen LogP contribution < -0.4 is 0 Å². The van der Waals surface area contributed by atoms with Crippen molar-refractivity contribution in [3.63, 3.8) is 0 Å². The molecule has 1 unspecified atom stereocenters. The molecular formula is C13H22FNO. The molecule has 1 saturated heterocycles. The highest BCUT2D eigenvalue weighted by atomic mass is 19.1. The fraction of sp³-hybridized carbons (Fsp3) is 0.769. The van der Waals surface area contributed by atoms with Crippen molar-refractivity contribution in [2.24, 2.45) is 5.41 Å². The van der Waals surface area contributed by atoms with Gasteiger partial charge >= 0.3 is 0 Å². The van der Waals surface area contributed by atoms with Gasteiger partial charge in [0.1, 0.15) is 0 Å². The maximum absolute atomic E-state index is 13.6. The van der Waals surface area contributed by atoms with Crippen LogP contribution in [0.4, 0.5) is 4.39 Å². The third-order valence-corrected chi connectivity index (χ3v) is 2.87. The van der Waals surface area contributed by atoms with E-state index in [2.05, 4.69) is 4.90 Å². The largest absolute Gasteiger partial charge is 0.300 e. The van der Waals surface area contributed by atoms with Crippen molar-refractivity contribution in [3.05, 3.63) is 11.9 Å². The first-order chi connectivity index (χ1) is 7.29. The second-order valence-corrected chi connectivity index (χ2v) is 5.87. The zero-order valence-electron chi connectivity index (χ0n) is 10.7. The number of ketones is 1. The molecule has 0 aromatic heterocycles. The van der Waals surface area contributed by atoms with Crippen LogP contribution in [0.3, 0.4) is 0 Å². The molecule has 2 nitrogen and oxygen atoms in total.